The van der Waals surface area contributed by atoms with Gasteiger partial charge in [-0.05, 0) is 113 Å². The second-order valence-electron chi connectivity index (χ2n) is 11.9. The Bertz CT molecular complexity index is 2270. The van der Waals surface area contributed by atoms with Gasteiger partial charge >= 0.3 is 0 Å². The minimum absolute atomic E-state index is 1.16. The number of rotatable bonds is 6. The molecular formula is C44H33NS. The Hall–Kier alpha value is -5.31. The van der Waals surface area contributed by atoms with Crippen LogP contribution in [0.15, 0.2) is 174 Å². The van der Waals surface area contributed by atoms with Gasteiger partial charge in [-0.25, -0.2) is 0 Å². The van der Waals surface area contributed by atoms with Crippen molar-refractivity contribution in [2.24, 2.45) is 0 Å². The average molecular weight is 608 g/mol. The standard InChI is InChI=1S/C44H33NS/c1-30-13-9-12-20-43(30)46-44-29-42-40(25-31(44)2)39-18-10-11-19-41(39)45(42)38-23-21-34(22-24-38)37-27-35(32-14-5-3-6-15-32)26-36(28-37)33-16-7-4-8-17-33/h3-29H,1-2H3. The lowest BCUT2D eigenvalue weighted by Crippen LogP contribution is -1.94. The monoisotopic (exact) mass is 607 g/mol. The van der Waals surface area contributed by atoms with E-state index in [1.165, 1.54) is 76.1 Å². The summed E-state index contributed by atoms with van der Waals surface area (Å²) in [7, 11) is 0. The van der Waals surface area contributed by atoms with E-state index in [1.54, 1.807) is 0 Å². The van der Waals surface area contributed by atoms with E-state index in [0.717, 1.165) is 5.69 Å². The lowest BCUT2D eigenvalue weighted by atomic mass is 9.93. The van der Waals surface area contributed by atoms with E-state index in [4.69, 9.17) is 0 Å². The Labute approximate surface area is 274 Å². The van der Waals surface area contributed by atoms with Crippen molar-refractivity contribution in [1.82, 2.24) is 4.57 Å². The topological polar surface area (TPSA) is 4.93 Å². The van der Waals surface area contributed by atoms with Crippen LogP contribution in [0, 0.1) is 13.8 Å². The molecular weight excluding hydrogens is 575 g/mol. The SMILES string of the molecule is Cc1ccccc1Sc1cc2c(cc1C)c1ccccc1n2-c1ccc(-c2cc(-c3ccccc3)cc(-c3ccccc3)c2)cc1. The number of aromatic nitrogens is 1. The third-order valence-electron chi connectivity index (χ3n) is 8.89. The lowest BCUT2D eigenvalue weighted by molar-refractivity contribution is 1.17. The van der Waals surface area contributed by atoms with Crippen LogP contribution in [-0.4, -0.2) is 4.57 Å². The van der Waals surface area contributed by atoms with Gasteiger partial charge in [-0.1, -0.05) is 121 Å². The first-order valence-electron chi connectivity index (χ1n) is 15.8. The van der Waals surface area contributed by atoms with Gasteiger partial charge < -0.3 is 4.57 Å². The molecule has 0 aliphatic heterocycles. The van der Waals surface area contributed by atoms with Gasteiger partial charge in [0.1, 0.15) is 0 Å². The summed E-state index contributed by atoms with van der Waals surface area (Å²) >= 11 is 1.85. The van der Waals surface area contributed by atoms with Crippen LogP contribution in [0.2, 0.25) is 0 Å². The molecule has 0 saturated carbocycles. The van der Waals surface area contributed by atoms with Crippen molar-refractivity contribution in [3.8, 4) is 39.1 Å². The number of hydrogen-bond acceptors (Lipinski definition) is 1. The number of hydrogen-bond donors (Lipinski definition) is 0. The van der Waals surface area contributed by atoms with Crippen molar-refractivity contribution >= 4 is 33.6 Å². The molecule has 1 nitrogen and oxygen atoms in total. The van der Waals surface area contributed by atoms with Crippen LogP contribution in [-0.2, 0) is 0 Å². The molecule has 7 aromatic carbocycles. The van der Waals surface area contributed by atoms with Crippen LogP contribution in [0.4, 0.5) is 0 Å². The van der Waals surface area contributed by atoms with Crippen molar-refractivity contribution in [2.45, 2.75) is 23.6 Å². The highest BCUT2D eigenvalue weighted by molar-refractivity contribution is 7.99. The zero-order valence-electron chi connectivity index (χ0n) is 25.9. The highest BCUT2D eigenvalue weighted by atomic mass is 32.2. The molecule has 0 atom stereocenters. The van der Waals surface area contributed by atoms with Crippen molar-refractivity contribution in [3.63, 3.8) is 0 Å². The van der Waals surface area contributed by atoms with Gasteiger partial charge in [0.15, 0.2) is 0 Å². The Morgan fingerprint density at radius 2 is 0.913 bits per heavy atom. The zero-order valence-corrected chi connectivity index (χ0v) is 26.8. The van der Waals surface area contributed by atoms with E-state index >= 15 is 0 Å². The Morgan fingerprint density at radius 1 is 0.370 bits per heavy atom. The quantitative estimate of drug-likeness (QED) is 0.182. The molecule has 2 heteroatoms. The molecule has 220 valence electrons. The molecule has 46 heavy (non-hydrogen) atoms. The molecule has 0 radical (unpaired) electrons. The predicted octanol–water partition coefficient (Wildman–Crippen LogP) is 12.6. The van der Waals surface area contributed by atoms with Gasteiger partial charge in [0.2, 0.25) is 0 Å². The second kappa shape index (κ2) is 11.9. The molecule has 0 aliphatic rings. The highest BCUT2D eigenvalue weighted by Crippen LogP contribution is 2.40. The van der Waals surface area contributed by atoms with Gasteiger partial charge in [0.25, 0.3) is 0 Å². The normalized spacial score (nSPS) is 11.3. The Balaban J connectivity index is 1.25. The molecule has 0 amide bonds. The fourth-order valence-electron chi connectivity index (χ4n) is 6.47. The first-order valence-corrected chi connectivity index (χ1v) is 16.6. The number of nitrogens with zero attached hydrogens (tertiary/aromatic N) is 1. The molecule has 0 N–H and O–H groups in total. The van der Waals surface area contributed by atoms with Gasteiger partial charge in [-0.15, -0.1) is 0 Å². The van der Waals surface area contributed by atoms with E-state index in [-0.39, 0.29) is 0 Å². The van der Waals surface area contributed by atoms with E-state index < -0.39 is 0 Å². The maximum atomic E-state index is 2.42. The zero-order chi connectivity index (χ0) is 31.0. The fourth-order valence-corrected chi connectivity index (χ4v) is 7.48. The van der Waals surface area contributed by atoms with E-state index in [9.17, 15) is 0 Å². The van der Waals surface area contributed by atoms with Crippen LogP contribution in [0.5, 0.6) is 0 Å². The number of benzene rings is 7. The van der Waals surface area contributed by atoms with Crippen LogP contribution in [0.25, 0.3) is 60.9 Å². The Kier molecular flexibility index (Phi) is 7.28. The Morgan fingerprint density at radius 3 is 1.54 bits per heavy atom. The highest BCUT2D eigenvalue weighted by Gasteiger charge is 2.16. The summed E-state index contributed by atoms with van der Waals surface area (Å²) < 4.78 is 2.42. The summed E-state index contributed by atoms with van der Waals surface area (Å²) in [4.78, 5) is 2.58. The summed E-state index contributed by atoms with van der Waals surface area (Å²) in [5, 5.41) is 2.56. The van der Waals surface area contributed by atoms with E-state index in [0.29, 0.717) is 0 Å². The summed E-state index contributed by atoms with van der Waals surface area (Å²) in [5.74, 6) is 0. The molecule has 1 aromatic heterocycles. The molecule has 8 rings (SSSR count). The molecule has 8 aromatic rings. The number of para-hydroxylation sites is 1. The minimum atomic E-state index is 1.16. The van der Waals surface area contributed by atoms with Crippen LogP contribution in [0.3, 0.4) is 0 Å². The average Bonchev–Trinajstić information content (AvgIpc) is 3.43. The van der Waals surface area contributed by atoms with Crippen molar-refractivity contribution < 1.29 is 0 Å². The maximum Gasteiger partial charge on any atom is 0.0552 e. The molecule has 1 heterocycles. The summed E-state index contributed by atoms with van der Waals surface area (Å²) in [5.41, 5.74) is 13.5. The predicted molar refractivity (Wildman–Crippen MR) is 197 cm³/mol. The van der Waals surface area contributed by atoms with E-state index in [1.807, 2.05) is 11.8 Å². The van der Waals surface area contributed by atoms with Crippen LogP contribution < -0.4 is 0 Å². The van der Waals surface area contributed by atoms with Crippen LogP contribution in [0.1, 0.15) is 11.1 Å². The number of aryl methyl sites for hydroxylation is 2. The van der Waals surface area contributed by atoms with Crippen molar-refractivity contribution in [1.29, 1.82) is 0 Å². The molecule has 0 spiro atoms. The van der Waals surface area contributed by atoms with Gasteiger partial charge in [-0.3, -0.25) is 0 Å². The third-order valence-corrected chi connectivity index (χ3v) is 10.2. The third kappa shape index (κ3) is 5.21. The molecule has 0 fully saturated rings. The molecule has 0 aliphatic carbocycles. The lowest BCUT2D eigenvalue weighted by Gasteiger charge is -2.13. The van der Waals surface area contributed by atoms with Crippen LogP contribution >= 0.6 is 11.8 Å². The smallest absolute Gasteiger partial charge is 0.0552 e. The molecule has 0 unspecified atom stereocenters. The van der Waals surface area contributed by atoms with E-state index in [2.05, 4.69) is 182 Å². The molecule has 0 saturated heterocycles. The first-order chi connectivity index (χ1) is 22.6. The summed E-state index contributed by atoms with van der Waals surface area (Å²) in [6.45, 7) is 4.42. The first kappa shape index (κ1) is 28.2. The fraction of sp³-hybridized carbons (Fsp3) is 0.0455. The van der Waals surface area contributed by atoms with Gasteiger partial charge in [-0.2, -0.15) is 0 Å². The molecule has 0 bridgehead atoms. The maximum absolute atomic E-state index is 2.42. The largest absolute Gasteiger partial charge is 0.309 e. The van der Waals surface area contributed by atoms with Crippen molar-refractivity contribution in [3.05, 3.63) is 175 Å². The van der Waals surface area contributed by atoms with Crippen molar-refractivity contribution in [2.75, 3.05) is 0 Å². The summed E-state index contributed by atoms with van der Waals surface area (Å²) in [6, 6.07) is 59.5. The van der Waals surface area contributed by atoms with Gasteiger partial charge in [0, 0.05) is 26.3 Å². The second-order valence-corrected chi connectivity index (χ2v) is 13.0. The summed E-state index contributed by atoms with van der Waals surface area (Å²) in [6.07, 6.45) is 0. The minimum Gasteiger partial charge on any atom is -0.309 e. The number of fused-ring (bicyclic) bond motifs is 3. The van der Waals surface area contributed by atoms with Gasteiger partial charge in [0.05, 0.1) is 11.0 Å².